The van der Waals surface area contributed by atoms with Crippen LogP contribution in [-0.4, -0.2) is 9.55 Å². The van der Waals surface area contributed by atoms with Gasteiger partial charge in [0, 0.05) is 12.4 Å². The Hall–Kier alpha value is -1.71. The molecular weight excluding hydrogens is 174 g/mol. The largest absolute Gasteiger partial charge is 0.303 e. The third kappa shape index (κ3) is 1.30. The zero-order valence-electron chi connectivity index (χ0n) is 6.61. The third-order valence-corrected chi connectivity index (χ3v) is 1.71. The lowest BCUT2D eigenvalue weighted by Crippen LogP contribution is -1.96. The van der Waals surface area contributed by atoms with Crippen molar-refractivity contribution < 1.29 is 8.78 Å². The normalized spacial score (nSPS) is 10.3. The lowest BCUT2D eigenvalue weighted by molar-refractivity contribution is 0.504. The summed E-state index contributed by atoms with van der Waals surface area (Å²) in [6, 6.07) is 4.02. The molecule has 0 saturated carbocycles. The number of rotatable bonds is 1. The molecule has 1 heterocycles. The summed E-state index contributed by atoms with van der Waals surface area (Å²) in [5, 5.41) is 0. The lowest BCUT2D eigenvalue weighted by Gasteiger charge is -2.02. The first kappa shape index (κ1) is 7.91. The Balaban J connectivity index is 2.59. The molecule has 1 aromatic carbocycles. The molecule has 0 aliphatic heterocycles. The van der Waals surface area contributed by atoms with Crippen LogP contribution in [0.3, 0.4) is 0 Å². The Labute approximate surface area is 73.5 Å². The number of nitrogens with zero attached hydrogens (tertiary/aromatic N) is 2. The number of imidazole rings is 1. The van der Waals surface area contributed by atoms with E-state index in [1.165, 1.54) is 29.2 Å². The lowest BCUT2D eigenvalue weighted by atomic mass is 10.3. The van der Waals surface area contributed by atoms with Crippen molar-refractivity contribution in [3.8, 4) is 5.69 Å². The van der Waals surface area contributed by atoms with Gasteiger partial charge in [-0.1, -0.05) is 6.07 Å². The summed E-state index contributed by atoms with van der Waals surface area (Å²) in [6.07, 6.45) is 4.47. The SMILES string of the molecule is Fc1cccc(-n2ccnc2)c1F. The molecule has 1 aromatic heterocycles. The zero-order chi connectivity index (χ0) is 9.26. The van der Waals surface area contributed by atoms with Gasteiger partial charge in [0.15, 0.2) is 11.6 Å². The summed E-state index contributed by atoms with van der Waals surface area (Å²) in [7, 11) is 0. The van der Waals surface area contributed by atoms with Gasteiger partial charge in [-0.2, -0.15) is 0 Å². The van der Waals surface area contributed by atoms with Gasteiger partial charge >= 0.3 is 0 Å². The summed E-state index contributed by atoms with van der Waals surface area (Å²) in [5.74, 6) is -1.72. The van der Waals surface area contributed by atoms with E-state index < -0.39 is 11.6 Å². The van der Waals surface area contributed by atoms with Gasteiger partial charge in [0.05, 0.1) is 12.0 Å². The van der Waals surface area contributed by atoms with Crippen LogP contribution in [-0.2, 0) is 0 Å². The molecule has 0 saturated heterocycles. The van der Waals surface area contributed by atoms with Crippen LogP contribution in [0.1, 0.15) is 0 Å². The Morgan fingerprint density at radius 3 is 2.77 bits per heavy atom. The Kier molecular flexibility index (Phi) is 1.81. The molecule has 0 aliphatic rings. The fourth-order valence-electron chi connectivity index (χ4n) is 1.09. The molecule has 4 heteroatoms. The molecule has 0 amide bonds. The van der Waals surface area contributed by atoms with E-state index in [4.69, 9.17) is 0 Å². The molecule has 2 rings (SSSR count). The van der Waals surface area contributed by atoms with Crippen molar-refractivity contribution in [1.82, 2.24) is 9.55 Å². The molecule has 0 spiro atoms. The Bertz CT molecular complexity index is 410. The van der Waals surface area contributed by atoms with E-state index in [2.05, 4.69) is 4.98 Å². The predicted octanol–water partition coefficient (Wildman–Crippen LogP) is 2.15. The summed E-state index contributed by atoms with van der Waals surface area (Å²) in [4.78, 5) is 3.74. The van der Waals surface area contributed by atoms with E-state index in [1.807, 2.05) is 0 Å². The average Bonchev–Trinajstić information content (AvgIpc) is 2.62. The molecule has 2 nitrogen and oxygen atoms in total. The van der Waals surface area contributed by atoms with Crippen LogP contribution < -0.4 is 0 Å². The maximum Gasteiger partial charge on any atom is 0.182 e. The van der Waals surface area contributed by atoms with Gasteiger partial charge in [0.25, 0.3) is 0 Å². The van der Waals surface area contributed by atoms with E-state index in [-0.39, 0.29) is 5.69 Å². The minimum atomic E-state index is -0.861. The minimum Gasteiger partial charge on any atom is -0.303 e. The second-order valence-corrected chi connectivity index (χ2v) is 2.54. The zero-order valence-corrected chi connectivity index (χ0v) is 6.61. The minimum absolute atomic E-state index is 0.164. The first-order chi connectivity index (χ1) is 6.29. The van der Waals surface area contributed by atoms with Crippen molar-refractivity contribution in [1.29, 1.82) is 0 Å². The van der Waals surface area contributed by atoms with E-state index in [0.29, 0.717) is 0 Å². The molecule has 0 N–H and O–H groups in total. The van der Waals surface area contributed by atoms with Crippen molar-refractivity contribution >= 4 is 0 Å². The van der Waals surface area contributed by atoms with Crippen molar-refractivity contribution in [2.75, 3.05) is 0 Å². The molecule has 13 heavy (non-hydrogen) atoms. The topological polar surface area (TPSA) is 17.8 Å². The average molecular weight is 180 g/mol. The summed E-state index contributed by atoms with van der Waals surface area (Å²) in [6.45, 7) is 0. The van der Waals surface area contributed by atoms with Crippen LogP contribution in [0.25, 0.3) is 5.69 Å². The predicted molar refractivity (Wildman–Crippen MR) is 43.5 cm³/mol. The number of hydrogen-bond donors (Lipinski definition) is 0. The van der Waals surface area contributed by atoms with Crippen LogP contribution in [0, 0.1) is 11.6 Å². The highest BCUT2D eigenvalue weighted by molar-refractivity contribution is 5.33. The van der Waals surface area contributed by atoms with E-state index in [0.717, 1.165) is 6.07 Å². The number of benzene rings is 1. The highest BCUT2D eigenvalue weighted by atomic mass is 19.2. The van der Waals surface area contributed by atoms with Gasteiger partial charge in [-0.15, -0.1) is 0 Å². The Morgan fingerprint density at radius 2 is 2.08 bits per heavy atom. The van der Waals surface area contributed by atoms with Crippen molar-refractivity contribution in [2.45, 2.75) is 0 Å². The number of aromatic nitrogens is 2. The summed E-state index contributed by atoms with van der Waals surface area (Å²) >= 11 is 0. The third-order valence-electron chi connectivity index (χ3n) is 1.71. The van der Waals surface area contributed by atoms with Gasteiger partial charge < -0.3 is 4.57 Å². The highest BCUT2D eigenvalue weighted by Crippen LogP contribution is 2.15. The van der Waals surface area contributed by atoms with Gasteiger partial charge in [-0.25, -0.2) is 13.8 Å². The Morgan fingerprint density at radius 1 is 1.23 bits per heavy atom. The molecule has 0 atom stereocenters. The molecule has 0 bridgehead atoms. The molecule has 2 aromatic rings. The van der Waals surface area contributed by atoms with E-state index >= 15 is 0 Å². The van der Waals surface area contributed by atoms with Gasteiger partial charge in [0.2, 0.25) is 0 Å². The van der Waals surface area contributed by atoms with Gasteiger partial charge in [-0.05, 0) is 12.1 Å². The molecule has 0 aliphatic carbocycles. The summed E-state index contributed by atoms with van der Waals surface area (Å²) < 4.78 is 27.3. The molecule has 0 fully saturated rings. The van der Waals surface area contributed by atoms with Crippen molar-refractivity contribution in [3.63, 3.8) is 0 Å². The van der Waals surface area contributed by atoms with Crippen molar-refractivity contribution in [3.05, 3.63) is 48.6 Å². The van der Waals surface area contributed by atoms with Crippen LogP contribution in [0.5, 0.6) is 0 Å². The maximum absolute atomic E-state index is 13.1. The standard InChI is InChI=1S/C9H6F2N2/c10-7-2-1-3-8(9(7)11)13-5-4-12-6-13/h1-6H. The van der Waals surface area contributed by atoms with Crippen molar-refractivity contribution in [2.24, 2.45) is 0 Å². The summed E-state index contributed by atoms with van der Waals surface area (Å²) in [5.41, 5.74) is 0.164. The highest BCUT2D eigenvalue weighted by Gasteiger charge is 2.07. The number of halogens is 2. The van der Waals surface area contributed by atoms with Crippen LogP contribution >= 0.6 is 0 Å². The van der Waals surface area contributed by atoms with Crippen LogP contribution in [0.2, 0.25) is 0 Å². The van der Waals surface area contributed by atoms with E-state index in [9.17, 15) is 8.78 Å². The van der Waals surface area contributed by atoms with E-state index in [1.54, 1.807) is 6.20 Å². The van der Waals surface area contributed by atoms with Crippen LogP contribution in [0.4, 0.5) is 8.78 Å². The first-order valence-electron chi connectivity index (χ1n) is 3.71. The van der Waals surface area contributed by atoms with Crippen LogP contribution in [0.15, 0.2) is 36.9 Å². The monoisotopic (exact) mass is 180 g/mol. The van der Waals surface area contributed by atoms with Gasteiger partial charge in [0.1, 0.15) is 0 Å². The quantitative estimate of drug-likeness (QED) is 0.657. The molecule has 66 valence electrons. The molecule has 0 radical (unpaired) electrons. The second-order valence-electron chi connectivity index (χ2n) is 2.54. The fourth-order valence-corrected chi connectivity index (χ4v) is 1.09. The smallest absolute Gasteiger partial charge is 0.182 e. The molecule has 0 unspecified atom stereocenters. The maximum atomic E-state index is 13.1. The van der Waals surface area contributed by atoms with Gasteiger partial charge in [-0.3, -0.25) is 0 Å². The second kappa shape index (κ2) is 2.97. The molecular formula is C9H6F2N2. The fraction of sp³-hybridized carbons (Fsp3) is 0. The number of hydrogen-bond acceptors (Lipinski definition) is 1. The first-order valence-corrected chi connectivity index (χ1v) is 3.71.